The number of piperidine rings is 1. The number of nitrogens with zero attached hydrogens (tertiary/aromatic N) is 2. The highest BCUT2D eigenvalue weighted by Crippen LogP contribution is 2.32. The fourth-order valence-electron chi connectivity index (χ4n) is 3.31. The molecule has 1 aromatic carbocycles. The van der Waals surface area contributed by atoms with Gasteiger partial charge in [0, 0.05) is 44.4 Å². The predicted molar refractivity (Wildman–Crippen MR) is 108 cm³/mol. The third kappa shape index (κ3) is 6.29. The monoisotopic (exact) mass is 376 g/mol. The smallest absolute Gasteiger partial charge is 0.195 e. The molecule has 0 atom stereocenters. The van der Waals surface area contributed by atoms with Crippen LogP contribution in [0.25, 0.3) is 0 Å². The molecule has 0 aliphatic carbocycles. The number of aliphatic imine (C=N–C) groups is 1. The molecule has 3 N–H and O–H groups in total. The average Bonchev–Trinajstić information content (AvgIpc) is 2.92. The summed E-state index contributed by atoms with van der Waals surface area (Å²) in [5, 5.41) is 16.2. The minimum atomic E-state index is -0.112. The standard InChI is InChI=1S/C20H32N4O3/c1-2-21-20(22-9-3-10-24-11-7-17(25)8-12-24)23-16-5-6-18-19(15-16)27-14-4-13-26-18/h5-6,15,17,25H,2-4,7-14H2,1H3,(H2,21,22,23). The minimum Gasteiger partial charge on any atom is -0.490 e. The normalized spacial score (nSPS) is 18.8. The number of aliphatic hydroxyl groups excluding tert-OH is 1. The Morgan fingerprint density at radius 2 is 2.00 bits per heavy atom. The molecule has 0 aromatic heterocycles. The van der Waals surface area contributed by atoms with Crippen molar-refractivity contribution in [3.63, 3.8) is 0 Å². The lowest BCUT2D eigenvalue weighted by molar-refractivity contribution is 0.0824. The molecule has 3 rings (SSSR count). The van der Waals surface area contributed by atoms with E-state index >= 15 is 0 Å². The SMILES string of the molecule is CCNC(=NCCCN1CCC(O)CC1)Nc1ccc2c(c1)OCCCO2. The van der Waals surface area contributed by atoms with Crippen LogP contribution in [0.1, 0.15) is 32.6 Å². The Balaban J connectivity index is 1.50. The predicted octanol–water partition coefficient (Wildman–Crippen LogP) is 2.07. The molecule has 2 aliphatic heterocycles. The first-order valence-corrected chi connectivity index (χ1v) is 10.1. The third-order valence-electron chi connectivity index (χ3n) is 4.81. The van der Waals surface area contributed by atoms with E-state index in [-0.39, 0.29) is 6.10 Å². The van der Waals surface area contributed by atoms with Crippen LogP contribution in [0.15, 0.2) is 23.2 Å². The summed E-state index contributed by atoms with van der Waals surface area (Å²) in [6.45, 7) is 8.00. The van der Waals surface area contributed by atoms with E-state index in [1.54, 1.807) is 0 Å². The van der Waals surface area contributed by atoms with Crippen LogP contribution in [0.4, 0.5) is 5.69 Å². The molecule has 0 amide bonds. The average molecular weight is 377 g/mol. The van der Waals surface area contributed by atoms with Gasteiger partial charge in [0.15, 0.2) is 17.5 Å². The molecule has 27 heavy (non-hydrogen) atoms. The molecule has 0 saturated carbocycles. The maximum atomic E-state index is 9.58. The molecule has 0 radical (unpaired) electrons. The van der Waals surface area contributed by atoms with E-state index in [1.165, 1.54) is 0 Å². The highest BCUT2D eigenvalue weighted by molar-refractivity contribution is 5.93. The van der Waals surface area contributed by atoms with Crippen LogP contribution in [-0.2, 0) is 0 Å². The van der Waals surface area contributed by atoms with Crippen LogP contribution < -0.4 is 20.1 Å². The first-order valence-electron chi connectivity index (χ1n) is 10.1. The van der Waals surface area contributed by atoms with Crippen molar-refractivity contribution in [1.29, 1.82) is 0 Å². The van der Waals surface area contributed by atoms with Crippen LogP contribution in [-0.4, -0.2) is 68.0 Å². The van der Waals surface area contributed by atoms with E-state index in [9.17, 15) is 5.11 Å². The highest BCUT2D eigenvalue weighted by Gasteiger charge is 2.16. The number of fused-ring (bicyclic) bond motifs is 1. The summed E-state index contributed by atoms with van der Waals surface area (Å²) >= 11 is 0. The number of hydrogen-bond acceptors (Lipinski definition) is 5. The van der Waals surface area contributed by atoms with Crippen molar-refractivity contribution < 1.29 is 14.6 Å². The largest absolute Gasteiger partial charge is 0.490 e. The first kappa shape index (κ1) is 19.8. The van der Waals surface area contributed by atoms with Gasteiger partial charge < -0.3 is 30.1 Å². The molecule has 1 fully saturated rings. The highest BCUT2D eigenvalue weighted by atomic mass is 16.5. The number of aliphatic hydroxyl groups is 1. The van der Waals surface area contributed by atoms with Crippen molar-refractivity contribution in [3.05, 3.63) is 18.2 Å². The fourth-order valence-corrected chi connectivity index (χ4v) is 3.31. The molecule has 7 heteroatoms. The molecule has 1 saturated heterocycles. The molecule has 2 heterocycles. The van der Waals surface area contributed by atoms with Crippen LogP contribution in [0.3, 0.4) is 0 Å². The maximum absolute atomic E-state index is 9.58. The Bertz CT molecular complexity index is 615. The van der Waals surface area contributed by atoms with Crippen molar-refractivity contribution in [2.75, 3.05) is 51.3 Å². The van der Waals surface area contributed by atoms with Gasteiger partial charge in [-0.15, -0.1) is 0 Å². The number of guanidine groups is 1. The molecule has 2 aliphatic rings. The second-order valence-corrected chi connectivity index (χ2v) is 7.02. The van der Waals surface area contributed by atoms with Gasteiger partial charge in [-0.3, -0.25) is 4.99 Å². The van der Waals surface area contributed by atoms with Gasteiger partial charge >= 0.3 is 0 Å². The summed E-state index contributed by atoms with van der Waals surface area (Å²) in [5.74, 6) is 2.35. The van der Waals surface area contributed by atoms with Crippen molar-refractivity contribution in [3.8, 4) is 11.5 Å². The van der Waals surface area contributed by atoms with E-state index in [2.05, 4.69) is 27.4 Å². The van der Waals surface area contributed by atoms with E-state index in [0.29, 0.717) is 13.2 Å². The van der Waals surface area contributed by atoms with Crippen molar-refractivity contribution in [2.45, 2.75) is 38.7 Å². The quantitative estimate of drug-likeness (QED) is 0.401. The second-order valence-electron chi connectivity index (χ2n) is 7.02. The van der Waals surface area contributed by atoms with Gasteiger partial charge in [0.1, 0.15) is 0 Å². The number of benzene rings is 1. The first-order chi connectivity index (χ1) is 13.2. The van der Waals surface area contributed by atoms with Gasteiger partial charge in [0.25, 0.3) is 0 Å². The fraction of sp³-hybridized carbons (Fsp3) is 0.650. The Labute approximate surface area is 161 Å². The van der Waals surface area contributed by atoms with Crippen LogP contribution in [0.2, 0.25) is 0 Å². The zero-order valence-electron chi connectivity index (χ0n) is 16.2. The number of nitrogens with one attached hydrogen (secondary N) is 2. The van der Waals surface area contributed by atoms with E-state index in [0.717, 1.165) is 81.6 Å². The minimum absolute atomic E-state index is 0.112. The molecule has 1 aromatic rings. The summed E-state index contributed by atoms with van der Waals surface area (Å²) in [4.78, 5) is 7.09. The van der Waals surface area contributed by atoms with Gasteiger partial charge in [0.2, 0.25) is 0 Å². The Morgan fingerprint density at radius 3 is 2.78 bits per heavy atom. The lowest BCUT2D eigenvalue weighted by atomic mass is 10.1. The van der Waals surface area contributed by atoms with Crippen LogP contribution >= 0.6 is 0 Å². The molecule has 7 nitrogen and oxygen atoms in total. The molecule has 150 valence electrons. The van der Waals surface area contributed by atoms with Gasteiger partial charge in [-0.25, -0.2) is 0 Å². The lowest BCUT2D eigenvalue weighted by Crippen LogP contribution is -2.36. The van der Waals surface area contributed by atoms with Crippen molar-refractivity contribution in [2.24, 2.45) is 4.99 Å². The second kappa shape index (κ2) is 10.4. The molecule has 0 spiro atoms. The van der Waals surface area contributed by atoms with E-state index in [1.807, 2.05) is 18.2 Å². The number of rotatable bonds is 6. The number of likely N-dealkylation sites (tertiary alicyclic amines) is 1. The Hall–Kier alpha value is -1.99. The zero-order valence-corrected chi connectivity index (χ0v) is 16.2. The Kier molecular flexibility index (Phi) is 7.59. The summed E-state index contributed by atoms with van der Waals surface area (Å²) in [5.41, 5.74) is 0.934. The topological polar surface area (TPSA) is 78.4 Å². The Morgan fingerprint density at radius 1 is 1.22 bits per heavy atom. The third-order valence-corrected chi connectivity index (χ3v) is 4.81. The maximum Gasteiger partial charge on any atom is 0.195 e. The lowest BCUT2D eigenvalue weighted by Gasteiger charge is -2.29. The van der Waals surface area contributed by atoms with E-state index < -0.39 is 0 Å². The number of ether oxygens (including phenoxy) is 2. The van der Waals surface area contributed by atoms with Crippen LogP contribution in [0.5, 0.6) is 11.5 Å². The molecular formula is C20H32N4O3. The summed E-state index contributed by atoms with van der Waals surface area (Å²) < 4.78 is 11.4. The summed E-state index contributed by atoms with van der Waals surface area (Å²) in [7, 11) is 0. The molecule has 0 bridgehead atoms. The summed E-state index contributed by atoms with van der Waals surface area (Å²) in [6, 6.07) is 5.89. The van der Waals surface area contributed by atoms with Gasteiger partial charge in [-0.1, -0.05) is 0 Å². The van der Waals surface area contributed by atoms with Gasteiger partial charge in [-0.05, 0) is 44.9 Å². The van der Waals surface area contributed by atoms with E-state index in [4.69, 9.17) is 9.47 Å². The molecular weight excluding hydrogens is 344 g/mol. The van der Waals surface area contributed by atoms with Crippen LogP contribution in [0, 0.1) is 0 Å². The zero-order chi connectivity index (χ0) is 18.9. The van der Waals surface area contributed by atoms with Gasteiger partial charge in [-0.2, -0.15) is 0 Å². The number of hydrogen-bond donors (Lipinski definition) is 3. The van der Waals surface area contributed by atoms with Gasteiger partial charge in [0.05, 0.1) is 19.3 Å². The number of anilines is 1. The van der Waals surface area contributed by atoms with Crippen molar-refractivity contribution in [1.82, 2.24) is 10.2 Å². The summed E-state index contributed by atoms with van der Waals surface area (Å²) in [6.07, 6.45) is 3.57. The van der Waals surface area contributed by atoms with Crippen molar-refractivity contribution >= 4 is 11.6 Å². The molecule has 0 unspecified atom stereocenters.